The lowest BCUT2D eigenvalue weighted by atomic mass is 10.0. The summed E-state index contributed by atoms with van der Waals surface area (Å²) >= 11 is 0. The maximum Gasteiger partial charge on any atom is 0.249 e. The van der Waals surface area contributed by atoms with E-state index in [0.717, 1.165) is 5.56 Å². The maximum atomic E-state index is 6.21. The first kappa shape index (κ1) is 13.8. The van der Waals surface area contributed by atoms with Crippen LogP contribution in [0.3, 0.4) is 0 Å². The molecule has 0 aliphatic carbocycles. The highest BCUT2D eigenvalue weighted by Crippen LogP contribution is 2.31. The molecule has 1 aromatic heterocycles. The van der Waals surface area contributed by atoms with Gasteiger partial charge in [0.25, 0.3) is 0 Å². The standard InChI is InChI=1S/C14H17N3O4/c1-18-10-5-9(6-11(7-10)19-2)12-16-13(21-17-12)14(15)3-4-20-8-14/h5-7H,3-4,8,15H2,1-2H3. The topological polar surface area (TPSA) is 92.6 Å². The van der Waals surface area contributed by atoms with Crippen molar-refractivity contribution in [3.8, 4) is 22.9 Å². The molecule has 2 heterocycles. The Morgan fingerprint density at radius 3 is 2.48 bits per heavy atom. The average Bonchev–Trinajstić information content (AvgIpc) is 3.16. The number of aromatic nitrogens is 2. The van der Waals surface area contributed by atoms with Crippen LogP contribution in [-0.4, -0.2) is 37.6 Å². The van der Waals surface area contributed by atoms with E-state index in [1.54, 1.807) is 20.3 Å². The Labute approximate surface area is 122 Å². The summed E-state index contributed by atoms with van der Waals surface area (Å²) in [7, 11) is 3.18. The zero-order chi connectivity index (χ0) is 14.9. The first-order valence-corrected chi connectivity index (χ1v) is 6.59. The summed E-state index contributed by atoms with van der Waals surface area (Å²) in [4.78, 5) is 4.39. The van der Waals surface area contributed by atoms with Crippen LogP contribution < -0.4 is 15.2 Å². The lowest BCUT2D eigenvalue weighted by Crippen LogP contribution is -2.37. The molecule has 7 nitrogen and oxygen atoms in total. The zero-order valence-electron chi connectivity index (χ0n) is 12.0. The third kappa shape index (κ3) is 2.57. The minimum absolute atomic E-state index is 0.385. The van der Waals surface area contributed by atoms with Gasteiger partial charge in [-0.1, -0.05) is 5.16 Å². The second kappa shape index (κ2) is 5.34. The highest BCUT2D eigenvalue weighted by atomic mass is 16.5. The quantitative estimate of drug-likeness (QED) is 0.908. The van der Waals surface area contributed by atoms with E-state index >= 15 is 0 Å². The minimum Gasteiger partial charge on any atom is -0.497 e. The van der Waals surface area contributed by atoms with Gasteiger partial charge in [-0.2, -0.15) is 4.98 Å². The van der Waals surface area contributed by atoms with Crippen molar-refractivity contribution >= 4 is 0 Å². The molecular formula is C14H17N3O4. The molecule has 0 bridgehead atoms. The molecular weight excluding hydrogens is 274 g/mol. The van der Waals surface area contributed by atoms with Crippen molar-refractivity contribution in [3.05, 3.63) is 24.1 Å². The van der Waals surface area contributed by atoms with Crippen LogP contribution in [0.4, 0.5) is 0 Å². The fourth-order valence-corrected chi connectivity index (χ4v) is 2.23. The van der Waals surface area contributed by atoms with Crippen molar-refractivity contribution in [1.29, 1.82) is 0 Å². The molecule has 1 aromatic carbocycles. The van der Waals surface area contributed by atoms with Gasteiger partial charge in [0.05, 0.1) is 20.8 Å². The lowest BCUT2D eigenvalue weighted by molar-refractivity contribution is 0.166. The number of nitrogens with two attached hydrogens (primary N) is 1. The summed E-state index contributed by atoms with van der Waals surface area (Å²) in [6, 6.07) is 5.40. The van der Waals surface area contributed by atoms with Crippen molar-refractivity contribution in [3.63, 3.8) is 0 Å². The number of hydrogen-bond acceptors (Lipinski definition) is 7. The molecule has 2 N–H and O–H groups in total. The highest BCUT2D eigenvalue weighted by Gasteiger charge is 2.38. The summed E-state index contributed by atoms with van der Waals surface area (Å²) in [5.74, 6) is 2.14. The number of methoxy groups -OCH3 is 2. The van der Waals surface area contributed by atoms with Gasteiger partial charge in [0.1, 0.15) is 17.0 Å². The normalized spacial score (nSPS) is 21.5. The van der Waals surface area contributed by atoms with Crippen LogP contribution in [0.5, 0.6) is 11.5 Å². The van der Waals surface area contributed by atoms with Crippen LogP contribution in [-0.2, 0) is 10.3 Å². The second-order valence-corrected chi connectivity index (χ2v) is 4.98. The maximum absolute atomic E-state index is 6.21. The van der Waals surface area contributed by atoms with E-state index in [4.69, 9.17) is 24.5 Å². The Balaban J connectivity index is 1.96. The summed E-state index contributed by atoms with van der Waals surface area (Å²) < 4.78 is 21.1. The monoisotopic (exact) mass is 291 g/mol. The van der Waals surface area contributed by atoms with Crippen LogP contribution in [0.25, 0.3) is 11.4 Å². The summed E-state index contributed by atoms with van der Waals surface area (Å²) in [5.41, 5.74) is 6.25. The molecule has 0 spiro atoms. The van der Waals surface area contributed by atoms with E-state index in [9.17, 15) is 0 Å². The fraction of sp³-hybridized carbons (Fsp3) is 0.429. The number of ether oxygens (including phenoxy) is 3. The van der Waals surface area contributed by atoms with Crippen molar-refractivity contribution in [1.82, 2.24) is 10.1 Å². The van der Waals surface area contributed by atoms with E-state index in [1.807, 2.05) is 12.1 Å². The number of benzene rings is 1. The molecule has 1 unspecified atom stereocenters. The molecule has 1 aliphatic heterocycles. The molecule has 3 rings (SSSR count). The first-order valence-electron chi connectivity index (χ1n) is 6.59. The Morgan fingerprint density at radius 2 is 1.90 bits per heavy atom. The predicted octanol–water partition coefficient (Wildman–Crippen LogP) is 1.33. The fourth-order valence-electron chi connectivity index (χ4n) is 2.23. The van der Waals surface area contributed by atoms with Gasteiger partial charge < -0.3 is 24.5 Å². The van der Waals surface area contributed by atoms with Gasteiger partial charge in [-0.25, -0.2) is 0 Å². The second-order valence-electron chi connectivity index (χ2n) is 4.98. The Hall–Kier alpha value is -2.12. The van der Waals surface area contributed by atoms with E-state index in [0.29, 0.717) is 42.8 Å². The zero-order valence-corrected chi connectivity index (χ0v) is 12.0. The van der Waals surface area contributed by atoms with E-state index in [2.05, 4.69) is 10.1 Å². The van der Waals surface area contributed by atoms with Crippen LogP contribution in [0.2, 0.25) is 0 Å². The number of nitrogens with zero attached hydrogens (tertiary/aromatic N) is 2. The third-order valence-electron chi connectivity index (χ3n) is 3.51. The lowest BCUT2D eigenvalue weighted by Gasteiger charge is -2.15. The molecule has 1 saturated heterocycles. The number of rotatable bonds is 4. The summed E-state index contributed by atoms with van der Waals surface area (Å²) in [5, 5.41) is 3.99. The molecule has 0 radical (unpaired) electrons. The Kier molecular flexibility index (Phi) is 3.52. The average molecular weight is 291 g/mol. The van der Waals surface area contributed by atoms with Crippen LogP contribution >= 0.6 is 0 Å². The van der Waals surface area contributed by atoms with Gasteiger partial charge >= 0.3 is 0 Å². The van der Waals surface area contributed by atoms with Crippen LogP contribution in [0, 0.1) is 0 Å². The van der Waals surface area contributed by atoms with Gasteiger partial charge in [-0.05, 0) is 18.6 Å². The van der Waals surface area contributed by atoms with Crippen molar-refractivity contribution in [2.75, 3.05) is 27.4 Å². The van der Waals surface area contributed by atoms with Crippen LogP contribution in [0.1, 0.15) is 12.3 Å². The molecule has 2 aromatic rings. The predicted molar refractivity (Wildman–Crippen MR) is 74.1 cm³/mol. The molecule has 112 valence electrons. The Bertz CT molecular complexity index is 613. The molecule has 21 heavy (non-hydrogen) atoms. The number of hydrogen-bond donors (Lipinski definition) is 1. The summed E-state index contributed by atoms with van der Waals surface area (Å²) in [6.45, 7) is 0.983. The van der Waals surface area contributed by atoms with E-state index < -0.39 is 5.54 Å². The van der Waals surface area contributed by atoms with Crippen molar-refractivity contribution < 1.29 is 18.7 Å². The molecule has 0 amide bonds. The SMILES string of the molecule is COc1cc(OC)cc(-c2noc(C3(N)CCOC3)n2)c1. The minimum atomic E-state index is -0.700. The van der Waals surface area contributed by atoms with E-state index in [1.165, 1.54) is 0 Å². The van der Waals surface area contributed by atoms with Crippen LogP contribution in [0.15, 0.2) is 22.7 Å². The molecule has 7 heteroatoms. The highest BCUT2D eigenvalue weighted by molar-refractivity contribution is 5.60. The first-order chi connectivity index (χ1) is 10.1. The van der Waals surface area contributed by atoms with Crippen molar-refractivity contribution in [2.45, 2.75) is 12.0 Å². The Morgan fingerprint density at radius 1 is 1.19 bits per heavy atom. The summed E-state index contributed by atoms with van der Waals surface area (Å²) in [6.07, 6.45) is 0.663. The van der Waals surface area contributed by atoms with Gasteiger partial charge in [-0.15, -0.1) is 0 Å². The molecule has 1 aliphatic rings. The third-order valence-corrected chi connectivity index (χ3v) is 3.51. The van der Waals surface area contributed by atoms with Gasteiger partial charge in [0.15, 0.2) is 0 Å². The van der Waals surface area contributed by atoms with E-state index in [-0.39, 0.29) is 0 Å². The van der Waals surface area contributed by atoms with Crippen molar-refractivity contribution in [2.24, 2.45) is 5.73 Å². The van der Waals surface area contributed by atoms with Gasteiger partial charge in [-0.3, -0.25) is 0 Å². The largest absolute Gasteiger partial charge is 0.497 e. The smallest absolute Gasteiger partial charge is 0.249 e. The molecule has 1 fully saturated rings. The van der Waals surface area contributed by atoms with Gasteiger partial charge in [0, 0.05) is 18.2 Å². The molecule has 0 saturated carbocycles. The molecule has 1 atom stereocenters. The van der Waals surface area contributed by atoms with Gasteiger partial charge in [0.2, 0.25) is 11.7 Å².